The zero-order valence-electron chi connectivity index (χ0n) is 7.38. The van der Waals surface area contributed by atoms with Crippen LogP contribution < -0.4 is 5.32 Å². The first-order chi connectivity index (χ1) is 5.88. The van der Waals surface area contributed by atoms with Crippen molar-refractivity contribution in [3.63, 3.8) is 0 Å². The minimum atomic E-state index is 0.378. The summed E-state index contributed by atoms with van der Waals surface area (Å²) < 4.78 is 0. The van der Waals surface area contributed by atoms with E-state index in [0.29, 0.717) is 11.8 Å². The Bertz CT molecular complexity index is 171. The number of carbonyl (C=O) groups excluding carboxylic acids is 1. The Kier molecular flexibility index (Phi) is 2.30. The summed E-state index contributed by atoms with van der Waals surface area (Å²) in [6.07, 6.45) is 3.51. The monoisotopic (exact) mass is 168 g/mol. The highest BCUT2D eigenvalue weighted by Gasteiger charge is 2.29. The van der Waals surface area contributed by atoms with Gasteiger partial charge < -0.3 is 10.2 Å². The quantitative estimate of drug-likeness (QED) is 0.607. The maximum absolute atomic E-state index is 11.7. The predicted octanol–water partition coefficient (Wildman–Crippen LogP) is 0.218. The lowest BCUT2D eigenvalue weighted by atomic mass is 9.84. The molecule has 0 aromatic rings. The van der Waals surface area contributed by atoms with Crippen LogP contribution in [0.2, 0.25) is 0 Å². The van der Waals surface area contributed by atoms with Crippen LogP contribution >= 0.6 is 0 Å². The Morgan fingerprint density at radius 2 is 1.92 bits per heavy atom. The standard InChI is InChI=1S/C9H16N2O/c12-9(8-2-1-3-8)11-6-4-10-5-7-11/h8,10H,1-7H2. The summed E-state index contributed by atoms with van der Waals surface area (Å²) in [5.41, 5.74) is 0. The number of piperazine rings is 1. The third-order valence-corrected chi connectivity index (χ3v) is 2.88. The Morgan fingerprint density at radius 1 is 1.25 bits per heavy atom. The molecule has 0 aromatic heterocycles. The molecule has 0 bridgehead atoms. The number of nitrogens with zero attached hydrogens (tertiary/aromatic N) is 1. The number of hydrogen-bond donors (Lipinski definition) is 1. The Morgan fingerprint density at radius 3 is 2.42 bits per heavy atom. The molecule has 1 amide bonds. The van der Waals surface area contributed by atoms with Gasteiger partial charge in [-0.05, 0) is 12.8 Å². The van der Waals surface area contributed by atoms with E-state index in [1.807, 2.05) is 4.90 Å². The molecule has 2 aliphatic rings. The van der Waals surface area contributed by atoms with Crippen LogP contribution in [0.5, 0.6) is 0 Å². The molecule has 2 fully saturated rings. The van der Waals surface area contributed by atoms with Crippen molar-refractivity contribution in [3.05, 3.63) is 0 Å². The molecule has 0 radical (unpaired) electrons. The lowest BCUT2D eigenvalue weighted by Crippen LogP contribution is -2.49. The molecule has 1 N–H and O–H groups in total. The summed E-state index contributed by atoms with van der Waals surface area (Å²) in [7, 11) is 0. The Hall–Kier alpha value is -0.570. The van der Waals surface area contributed by atoms with Crippen molar-refractivity contribution in [1.82, 2.24) is 10.2 Å². The second kappa shape index (κ2) is 3.44. The van der Waals surface area contributed by atoms with E-state index < -0.39 is 0 Å². The summed E-state index contributed by atoms with van der Waals surface area (Å²) in [6.45, 7) is 3.77. The molecule has 68 valence electrons. The Labute approximate surface area is 73.1 Å². The van der Waals surface area contributed by atoms with Crippen molar-refractivity contribution in [1.29, 1.82) is 0 Å². The molecule has 1 saturated heterocycles. The minimum absolute atomic E-state index is 0.378. The van der Waals surface area contributed by atoms with E-state index in [1.165, 1.54) is 6.42 Å². The van der Waals surface area contributed by atoms with E-state index in [9.17, 15) is 4.79 Å². The van der Waals surface area contributed by atoms with Gasteiger partial charge in [0.25, 0.3) is 0 Å². The van der Waals surface area contributed by atoms with Crippen molar-refractivity contribution in [3.8, 4) is 0 Å². The summed E-state index contributed by atoms with van der Waals surface area (Å²) in [5, 5.41) is 3.25. The van der Waals surface area contributed by atoms with Crippen LogP contribution in [-0.2, 0) is 4.79 Å². The van der Waals surface area contributed by atoms with Crippen LogP contribution in [0.25, 0.3) is 0 Å². The largest absolute Gasteiger partial charge is 0.340 e. The van der Waals surface area contributed by atoms with E-state index in [-0.39, 0.29) is 0 Å². The van der Waals surface area contributed by atoms with E-state index in [0.717, 1.165) is 39.0 Å². The fourth-order valence-corrected chi connectivity index (χ4v) is 1.80. The topological polar surface area (TPSA) is 32.3 Å². The highest BCUT2D eigenvalue weighted by Crippen LogP contribution is 2.28. The molecular weight excluding hydrogens is 152 g/mol. The van der Waals surface area contributed by atoms with Gasteiger partial charge in [-0.15, -0.1) is 0 Å². The van der Waals surface area contributed by atoms with Gasteiger partial charge in [0.2, 0.25) is 5.91 Å². The molecule has 1 heterocycles. The first-order valence-electron chi connectivity index (χ1n) is 4.87. The molecule has 3 nitrogen and oxygen atoms in total. The number of carbonyl (C=O) groups is 1. The van der Waals surface area contributed by atoms with Crippen molar-refractivity contribution in [2.24, 2.45) is 5.92 Å². The third kappa shape index (κ3) is 1.46. The summed E-state index contributed by atoms with van der Waals surface area (Å²) in [6, 6.07) is 0. The molecule has 2 rings (SSSR count). The van der Waals surface area contributed by atoms with Gasteiger partial charge in [-0.2, -0.15) is 0 Å². The smallest absolute Gasteiger partial charge is 0.225 e. The van der Waals surface area contributed by atoms with E-state index in [1.54, 1.807) is 0 Å². The molecule has 0 aromatic carbocycles. The third-order valence-electron chi connectivity index (χ3n) is 2.88. The number of amides is 1. The second-order valence-corrected chi connectivity index (χ2v) is 3.70. The average molecular weight is 168 g/mol. The zero-order chi connectivity index (χ0) is 8.39. The van der Waals surface area contributed by atoms with Gasteiger partial charge in [0, 0.05) is 32.1 Å². The lowest BCUT2D eigenvalue weighted by Gasteiger charge is -2.34. The Balaban J connectivity index is 1.84. The molecule has 0 unspecified atom stereocenters. The van der Waals surface area contributed by atoms with E-state index >= 15 is 0 Å². The van der Waals surface area contributed by atoms with Gasteiger partial charge in [-0.3, -0.25) is 4.79 Å². The summed E-state index contributed by atoms with van der Waals surface area (Å²) in [5.74, 6) is 0.783. The predicted molar refractivity (Wildman–Crippen MR) is 46.8 cm³/mol. The van der Waals surface area contributed by atoms with Crippen LogP contribution in [0, 0.1) is 5.92 Å². The van der Waals surface area contributed by atoms with Crippen molar-refractivity contribution in [2.75, 3.05) is 26.2 Å². The number of rotatable bonds is 1. The average Bonchev–Trinajstić information content (AvgIpc) is 2.03. The van der Waals surface area contributed by atoms with Crippen LogP contribution in [0.3, 0.4) is 0 Å². The van der Waals surface area contributed by atoms with Crippen molar-refractivity contribution < 1.29 is 4.79 Å². The molecule has 3 heteroatoms. The van der Waals surface area contributed by atoms with Crippen LogP contribution in [0.1, 0.15) is 19.3 Å². The van der Waals surface area contributed by atoms with Gasteiger partial charge in [0.15, 0.2) is 0 Å². The van der Waals surface area contributed by atoms with Gasteiger partial charge >= 0.3 is 0 Å². The first-order valence-corrected chi connectivity index (χ1v) is 4.87. The maximum atomic E-state index is 11.7. The van der Waals surface area contributed by atoms with Crippen molar-refractivity contribution >= 4 is 5.91 Å². The fourth-order valence-electron chi connectivity index (χ4n) is 1.80. The lowest BCUT2D eigenvalue weighted by molar-refractivity contribution is -0.138. The minimum Gasteiger partial charge on any atom is -0.340 e. The van der Waals surface area contributed by atoms with Gasteiger partial charge in [0.1, 0.15) is 0 Å². The fraction of sp³-hybridized carbons (Fsp3) is 0.889. The highest BCUT2D eigenvalue weighted by atomic mass is 16.2. The second-order valence-electron chi connectivity index (χ2n) is 3.70. The first kappa shape index (κ1) is 8.05. The maximum Gasteiger partial charge on any atom is 0.225 e. The molecular formula is C9H16N2O. The SMILES string of the molecule is O=C(C1CCC1)N1CCNCC1. The highest BCUT2D eigenvalue weighted by molar-refractivity contribution is 5.79. The van der Waals surface area contributed by atoms with E-state index in [4.69, 9.17) is 0 Å². The van der Waals surface area contributed by atoms with Crippen LogP contribution in [0.15, 0.2) is 0 Å². The molecule has 0 atom stereocenters. The van der Waals surface area contributed by atoms with E-state index in [2.05, 4.69) is 5.32 Å². The van der Waals surface area contributed by atoms with Gasteiger partial charge in [-0.25, -0.2) is 0 Å². The van der Waals surface area contributed by atoms with Crippen molar-refractivity contribution in [2.45, 2.75) is 19.3 Å². The summed E-state index contributed by atoms with van der Waals surface area (Å²) in [4.78, 5) is 13.7. The van der Waals surface area contributed by atoms with Crippen LogP contribution in [-0.4, -0.2) is 37.0 Å². The number of hydrogen-bond acceptors (Lipinski definition) is 2. The van der Waals surface area contributed by atoms with Crippen LogP contribution in [0.4, 0.5) is 0 Å². The zero-order valence-corrected chi connectivity index (χ0v) is 7.38. The summed E-state index contributed by atoms with van der Waals surface area (Å²) >= 11 is 0. The molecule has 1 aliphatic heterocycles. The van der Waals surface area contributed by atoms with Gasteiger partial charge in [0.05, 0.1) is 0 Å². The molecule has 1 aliphatic carbocycles. The molecule has 0 spiro atoms. The number of nitrogens with one attached hydrogen (secondary N) is 1. The molecule has 1 saturated carbocycles. The normalized spacial score (nSPS) is 25.2. The molecule has 12 heavy (non-hydrogen) atoms. The van der Waals surface area contributed by atoms with Gasteiger partial charge in [-0.1, -0.05) is 6.42 Å².